The van der Waals surface area contributed by atoms with Gasteiger partial charge in [0.05, 0.1) is 0 Å². The highest BCUT2D eigenvalue weighted by Gasteiger charge is 2.00. The van der Waals surface area contributed by atoms with Crippen LogP contribution in [0.5, 0.6) is 0 Å². The zero-order valence-electron chi connectivity index (χ0n) is 11.6. The smallest absolute Gasteiger partial charge is 0.0110 e. The summed E-state index contributed by atoms with van der Waals surface area (Å²) in [7, 11) is 6.23. The van der Waals surface area contributed by atoms with Gasteiger partial charge in [-0.3, -0.25) is 0 Å². The first-order valence-corrected chi connectivity index (χ1v) is 6.13. The maximum absolute atomic E-state index is 3.16. The summed E-state index contributed by atoms with van der Waals surface area (Å²) < 4.78 is 0. The van der Waals surface area contributed by atoms with Gasteiger partial charge >= 0.3 is 0 Å². The number of nitrogens with zero attached hydrogens (tertiary/aromatic N) is 2. The van der Waals surface area contributed by atoms with Crippen LogP contribution >= 0.6 is 0 Å². The van der Waals surface area contributed by atoms with Crippen molar-refractivity contribution >= 4 is 0 Å². The van der Waals surface area contributed by atoms with Crippen LogP contribution in [0.15, 0.2) is 0 Å². The van der Waals surface area contributed by atoms with E-state index in [0.717, 1.165) is 26.2 Å². The Bertz CT molecular complexity index is 105. The fourth-order valence-electron chi connectivity index (χ4n) is 1.04. The molecule has 0 aliphatic rings. The zero-order valence-corrected chi connectivity index (χ0v) is 11.6. The van der Waals surface area contributed by atoms with Gasteiger partial charge in [0, 0.05) is 26.2 Å². The fourth-order valence-corrected chi connectivity index (χ4v) is 1.04. The molecule has 16 heavy (non-hydrogen) atoms. The minimum absolute atomic E-state index is 0. The van der Waals surface area contributed by atoms with Crippen LogP contribution in [-0.4, -0.2) is 63.7 Å². The average molecular weight is 233 g/mol. The van der Waals surface area contributed by atoms with E-state index in [4.69, 9.17) is 0 Å². The van der Waals surface area contributed by atoms with Crippen molar-refractivity contribution in [2.45, 2.75) is 34.6 Å². The molecule has 102 valence electrons. The Morgan fingerprint density at radius 1 is 0.938 bits per heavy atom. The second-order valence-corrected chi connectivity index (χ2v) is 4.05. The average Bonchev–Trinajstić information content (AvgIpc) is 2.19. The molecule has 0 aliphatic carbocycles. The molecule has 1 N–H and O–H groups in total. The van der Waals surface area contributed by atoms with Crippen molar-refractivity contribution in [2.24, 2.45) is 0 Å². The molecule has 0 heterocycles. The third-order valence-electron chi connectivity index (χ3n) is 1.99. The van der Waals surface area contributed by atoms with Crippen LogP contribution in [0, 0.1) is 0 Å². The summed E-state index contributed by atoms with van der Waals surface area (Å²) in [6, 6.07) is 0. The molecule has 3 heteroatoms. The van der Waals surface area contributed by atoms with E-state index in [9.17, 15) is 0 Å². The van der Waals surface area contributed by atoms with Crippen LogP contribution in [0.25, 0.3) is 0 Å². The summed E-state index contributed by atoms with van der Waals surface area (Å²) in [5.41, 5.74) is 0. The van der Waals surface area contributed by atoms with E-state index in [1.807, 2.05) is 7.05 Å². The Kier molecular flexibility index (Phi) is 22.9. The molecule has 0 unspecified atom stereocenters. The molecule has 0 aromatic carbocycles. The van der Waals surface area contributed by atoms with Gasteiger partial charge in [-0.05, 0) is 27.7 Å². The quantitative estimate of drug-likeness (QED) is 0.727. The molecule has 0 aliphatic heterocycles. The molecule has 0 saturated carbocycles. The lowest BCUT2D eigenvalue weighted by Gasteiger charge is -2.22. The molecule has 0 bridgehead atoms. The maximum atomic E-state index is 3.16. The maximum Gasteiger partial charge on any atom is 0.0110 e. The molecule has 0 radical (unpaired) electrons. The molecule has 0 fully saturated rings. The normalized spacial score (nSPS) is 9.75. The second-order valence-electron chi connectivity index (χ2n) is 4.05. The number of hydrogen-bond acceptors (Lipinski definition) is 3. The van der Waals surface area contributed by atoms with Crippen LogP contribution in [0.1, 0.15) is 34.6 Å². The Hall–Kier alpha value is -0.120. The summed E-state index contributed by atoms with van der Waals surface area (Å²) in [5.74, 6) is 0. The van der Waals surface area contributed by atoms with Crippen LogP contribution < -0.4 is 5.32 Å². The van der Waals surface area contributed by atoms with Crippen molar-refractivity contribution in [1.82, 2.24) is 15.1 Å². The molecular formula is C13H35N3. The molecule has 3 nitrogen and oxygen atoms in total. The van der Waals surface area contributed by atoms with Crippen LogP contribution in [0.3, 0.4) is 0 Å². The first-order chi connectivity index (χ1) is 7.12. The predicted octanol–water partition coefficient (Wildman–Crippen LogP) is 2.14. The van der Waals surface area contributed by atoms with Crippen molar-refractivity contribution in [2.75, 3.05) is 53.9 Å². The van der Waals surface area contributed by atoms with Crippen molar-refractivity contribution in [3.63, 3.8) is 0 Å². The molecule has 0 aromatic heterocycles. The molecule has 0 rings (SSSR count). The van der Waals surface area contributed by atoms with Crippen molar-refractivity contribution < 1.29 is 0 Å². The van der Waals surface area contributed by atoms with E-state index in [0.29, 0.717) is 0 Å². The summed E-state index contributed by atoms with van der Waals surface area (Å²) in [6.45, 7) is 12.2. The lowest BCUT2D eigenvalue weighted by molar-refractivity contribution is 0.252. The fraction of sp³-hybridized carbons (Fsp3) is 1.00. The predicted molar refractivity (Wildman–Crippen MR) is 77.3 cm³/mol. The van der Waals surface area contributed by atoms with Crippen LogP contribution in [0.2, 0.25) is 0 Å². The number of nitrogens with one attached hydrogen (secondary N) is 1. The van der Waals surface area contributed by atoms with E-state index in [-0.39, 0.29) is 7.43 Å². The minimum atomic E-state index is 0. The van der Waals surface area contributed by atoms with Crippen molar-refractivity contribution in [3.8, 4) is 0 Å². The third kappa shape index (κ3) is 19.5. The Labute approximate surface area is 104 Å². The van der Waals surface area contributed by atoms with Crippen LogP contribution in [-0.2, 0) is 0 Å². The minimum Gasteiger partial charge on any atom is -0.318 e. The highest BCUT2D eigenvalue weighted by Crippen LogP contribution is 1.86. The first-order valence-electron chi connectivity index (χ1n) is 6.13. The molecule has 0 saturated heterocycles. The Morgan fingerprint density at radius 2 is 1.44 bits per heavy atom. The summed E-state index contributed by atoms with van der Waals surface area (Å²) in [5, 5.41) is 3.16. The van der Waals surface area contributed by atoms with Crippen molar-refractivity contribution in [1.29, 1.82) is 0 Å². The van der Waals surface area contributed by atoms with Gasteiger partial charge in [-0.15, -0.1) is 0 Å². The SMILES string of the molecule is C.CCC.CCN(CCNC)CCN(C)C. The molecule has 0 aromatic rings. The van der Waals surface area contributed by atoms with Crippen molar-refractivity contribution in [3.05, 3.63) is 0 Å². The number of rotatable bonds is 7. The van der Waals surface area contributed by atoms with Gasteiger partial charge in [0.15, 0.2) is 0 Å². The molecule has 0 amide bonds. The van der Waals surface area contributed by atoms with Gasteiger partial charge in [0.2, 0.25) is 0 Å². The van der Waals surface area contributed by atoms with Gasteiger partial charge in [-0.2, -0.15) is 0 Å². The van der Waals surface area contributed by atoms with Gasteiger partial charge in [-0.25, -0.2) is 0 Å². The molecule has 0 atom stereocenters. The second kappa shape index (κ2) is 17.3. The van der Waals surface area contributed by atoms with Gasteiger partial charge in [-0.1, -0.05) is 34.6 Å². The van der Waals surface area contributed by atoms with Gasteiger partial charge in [0.25, 0.3) is 0 Å². The van der Waals surface area contributed by atoms with E-state index >= 15 is 0 Å². The summed E-state index contributed by atoms with van der Waals surface area (Å²) in [6.07, 6.45) is 1.25. The number of likely N-dealkylation sites (N-methyl/N-ethyl adjacent to an activating group) is 3. The third-order valence-corrected chi connectivity index (χ3v) is 1.99. The monoisotopic (exact) mass is 233 g/mol. The zero-order chi connectivity index (χ0) is 12.1. The lowest BCUT2D eigenvalue weighted by atomic mass is 10.4. The van der Waals surface area contributed by atoms with E-state index < -0.39 is 0 Å². The Morgan fingerprint density at radius 3 is 1.75 bits per heavy atom. The van der Waals surface area contributed by atoms with Gasteiger partial charge in [0.1, 0.15) is 0 Å². The standard InChI is InChI=1S/C9H23N3.C3H8.CH4/c1-5-12(7-6-10-2)9-8-11(3)4;1-3-2;/h10H,5-9H2,1-4H3;3H2,1-2H3;1H4. The highest BCUT2D eigenvalue weighted by atomic mass is 15.2. The topological polar surface area (TPSA) is 18.5 Å². The summed E-state index contributed by atoms with van der Waals surface area (Å²) in [4.78, 5) is 4.68. The van der Waals surface area contributed by atoms with E-state index in [1.165, 1.54) is 13.0 Å². The van der Waals surface area contributed by atoms with Crippen LogP contribution in [0.4, 0.5) is 0 Å². The first kappa shape index (κ1) is 21.2. The summed E-state index contributed by atoms with van der Waals surface area (Å²) >= 11 is 0. The molecular weight excluding hydrogens is 198 g/mol. The van der Waals surface area contributed by atoms with Gasteiger partial charge < -0.3 is 15.1 Å². The van der Waals surface area contributed by atoms with E-state index in [2.05, 4.69) is 50.0 Å². The number of hydrogen-bond donors (Lipinski definition) is 1. The largest absolute Gasteiger partial charge is 0.318 e. The lowest BCUT2D eigenvalue weighted by Crippen LogP contribution is -2.35. The molecule has 0 spiro atoms. The van der Waals surface area contributed by atoms with E-state index in [1.54, 1.807) is 0 Å². The Balaban J connectivity index is -0.000000377. The highest BCUT2D eigenvalue weighted by molar-refractivity contribution is 4.58.